The van der Waals surface area contributed by atoms with E-state index in [0.29, 0.717) is 20.3 Å². The van der Waals surface area contributed by atoms with E-state index in [0.717, 1.165) is 21.6 Å². The lowest BCUT2D eigenvalue weighted by Gasteiger charge is -2.08. The van der Waals surface area contributed by atoms with Crippen LogP contribution in [0.4, 0.5) is 4.39 Å². The van der Waals surface area contributed by atoms with E-state index in [9.17, 15) is 9.18 Å². The first-order valence-electron chi connectivity index (χ1n) is 8.12. The van der Waals surface area contributed by atoms with E-state index in [1.165, 1.54) is 34.4 Å². The highest BCUT2D eigenvalue weighted by Gasteiger charge is 2.17. The minimum absolute atomic E-state index is 0.158. The quantitative estimate of drug-likeness (QED) is 0.413. The number of fused-ring (bicyclic) bond motifs is 1. The van der Waals surface area contributed by atoms with Gasteiger partial charge in [0.2, 0.25) is 0 Å². The molecule has 0 saturated carbocycles. The Morgan fingerprint density at radius 2 is 1.89 bits per heavy atom. The summed E-state index contributed by atoms with van der Waals surface area (Å²) >= 11 is 13.6. The highest BCUT2D eigenvalue weighted by Crippen LogP contribution is 2.35. The number of nitrogens with zero attached hydrogens (tertiary/aromatic N) is 2. The number of aryl methyl sites for hydroxylation is 1. The Balaban J connectivity index is 1.87. The van der Waals surface area contributed by atoms with Crippen LogP contribution >= 0.6 is 34.5 Å². The van der Waals surface area contributed by atoms with Crippen LogP contribution in [0.5, 0.6) is 0 Å². The van der Waals surface area contributed by atoms with Crippen molar-refractivity contribution in [2.75, 3.05) is 0 Å². The van der Waals surface area contributed by atoms with E-state index in [1.807, 2.05) is 6.92 Å². The average molecular weight is 419 g/mol. The molecule has 4 rings (SSSR count). The maximum atomic E-state index is 13.3. The van der Waals surface area contributed by atoms with Crippen LogP contribution in [0.15, 0.2) is 53.6 Å². The van der Waals surface area contributed by atoms with Gasteiger partial charge in [0.15, 0.2) is 0 Å². The van der Waals surface area contributed by atoms with Gasteiger partial charge in [-0.2, -0.15) is 0 Å². The first-order valence-corrected chi connectivity index (χ1v) is 9.69. The zero-order valence-electron chi connectivity index (χ0n) is 14.2. The number of hydrogen-bond donors (Lipinski definition) is 0. The highest BCUT2D eigenvalue weighted by molar-refractivity contribution is 7.19. The molecular weight excluding hydrogens is 406 g/mol. The summed E-state index contributed by atoms with van der Waals surface area (Å²) in [4.78, 5) is 19.2. The van der Waals surface area contributed by atoms with Crippen LogP contribution in [0.3, 0.4) is 0 Å². The van der Waals surface area contributed by atoms with Crippen molar-refractivity contribution >= 4 is 44.8 Å². The number of aromatic nitrogens is 2. The summed E-state index contributed by atoms with van der Waals surface area (Å²) in [5.41, 5.74) is 2.21. The third-order valence-corrected chi connectivity index (χ3v) is 5.94. The van der Waals surface area contributed by atoms with Crippen molar-refractivity contribution in [2.24, 2.45) is 0 Å². The topological polar surface area (TPSA) is 34.9 Å². The first kappa shape index (κ1) is 18.2. The lowest BCUT2D eigenvalue weighted by molar-refractivity contribution is 0.628. The summed E-state index contributed by atoms with van der Waals surface area (Å²) in [5, 5.41) is 1.57. The predicted molar refractivity (Wildman–Crippen MR) is 110 cm³/mol. The SMILES string of the molecule is Cc1sc2ncn(Cc3ccc(Cl)cc3Cl)c(=O)c2c1-c1ccc(F)cc1. The van der Waals surface area contributed by atoms with Crippen LogP contribution in [-0.4, -0.2) is 9.55 Å². The summed E-state index contributed by atoms with van der Waals surface area (Å²) in [5.74, 6) is -0.316. The van der Waals surface area contributed by atoms with Gasteiger partial charge < -0.3 is 0 Å². The van der Waals surface area contributed by atoms with E-state index >= 15 is 0 Å². The molecule has 2 aromatic carbocycles. The summed E-state index contributed by atoms with van der Waals surface area (Å²) in [6.45, 7) is 2.22. The molecule has 0 radical (unpaired) electrons. The van der Waals surface area contributed by atoms with Crippen LogP contribution in [0.2, 0.25) is 10.0 Å². The van der Waals surface area contributed by atoms with Crippen LogP contribution in [0.25, 0.3) is 21.3 Å². The number of halogens is 3. The highest BCUT2D eigenvalue weighted by atomic mass is 35.5. The fourth-order valence-electron chi connectivity index (χ4n) is 3.05. The second-order valence-electron chi connectivity index (χ2n) is 6.13. The Morgan fingerprint density at radius 3 is 2.59 bits per heavy atom. The third kappa shape index (κ3) is 3.38. The third-order valence-electron chi connectivity index (χ3n) is 4.34. The van der Waals surface area contributed by atoms with Gasteiger partial charge in [0.25, 0.3) is 5.56 Å². The molecule has 3 nitrogen and oxygen atoms in total. The van der Waals surface area contributed by atoms with Gasteiger partial charge in [0.1, 0.15) is 10.6 Å². The zero-order valence-corrected chi connectivity index (χ0v) is 16.5. The molecule has 0 fully saturated rings. The second-order valence-corrected chi connectivity index (χ2v) is 8.18. The Hall–Kier alpha value is -2.21. The second kappa shape index (κ2) is 7.08. The molecule has 2 heterocycles. The van der Waals surface area contributed by atoms with Gasteiger partial charge in [-0.05, 0) is 42.3 Å². The van der Waals surface area contributed by atoms with E-state index in [2.05, 4.69) is 4.98 Å². The largest absolute Gasteiger partial charge is 0.294 e. The Labute approximate surface area is 168 Å². The van der Waals surface area contributed by atoms with E-state index in [4.69, 9.17) is 23.2 Å². The standard InChI is InChI=1S/C20H13Cl2FN2OS/c1-11-17(12-3-6-15(23)7-4-12)18-19(27-11)24-10-25(20(18)26)9-13-2-5-14(21)8-16(13)22/h2-8,10H,9H2,1H3. The molecule has 27 heavy (non-hydrogen) atoms. The molecule has 0 atom stereocenters. The molecule has 7 heteroatoms. The number of rotatable bonds is 3. The van der Waals surface area contributed by atoms with Crippen molar-refractivity contribution in [3.05, 3.63) is 85.4 Å². The molecule has 136 valence electrons. The van der Waals surface area contributed by atoms with Crippen LogP contribution < -0.4 is 5.56 Å². The molecule has 0 aliphatic rings. The molecule has 0 spiro atoms. The van der Waals surface area contributed by atoms with Crippen molar-refractivity contribution in [1.29, 1.82) is 0 Å². The summed E-state index contributed by atoms with van der Waals surface area (Å²) in [6.07, 6.45) is 1.53. The van der Waals surface area contributed by atoms with Gasteiger partial charge in [-0.25, -0.2) is 9.37 Å². The van der Waals surface area contributed by atoms with Crippen molar-refractivity contribution in [1.82, 2.24) is 9.55 Å². The van der Waals surface area contributed by atoms with Crippen molar-refractivity contribution in [2.45, 2.75) is 13.5 Å². The molecule has 0 saturated heterocycles. The summed E-state index contributed by atoms with van der Waals surface area (Å²) < 4.78 is 14.8. The number of benzene rings is 2. The Kier molecular flexibility index (Phi) is 4.76. The molecule has 4 aromatic rings. The molecule has 2 aromatic heterocycles. The summed E-state index contributed by atoms with van der Waals surface area (Å²) in [6, 6.07) is 11.3. The van der Waals surface area contributed by atoms with E-state index < -0.39 is 0 Å². The molecule has 0 bridgehead atoms. The minimum atomic E-state index is -0.316. The molecular formula is C20H13Cl2FN2OS. The van der Waals surface area contributed by atoms with Gasteiger partial charge in [-0.3, -0.25) is 9.36 Å². The van der Waals surface area contributed by atoms with Crippen LogP contribution in [0.1, 0.15) is 10.4 Å². The molecule has 0 unspecified atom stereocenters. The van der Waals surface area contributed by atoms with Gasteiger partial charge in [-0.1, -0.05) is 41.4 Å². The van der Waals surface area contributed by atoms with Crippen LogP contribution in [-0.2, 0) is 6.54 Å². The van der Waals surface area contributed by atoms with Gasteiger partial charge in [-0.15, -0.1) is 11.3 Å². The number of thiophene rings is 1. The maximum absolute atomic E-state index is 13.3. The average Bonchev–Trinajstić information content (AvgIpc) is 2.97. The Morgan fingerprint density at radius 1 is 1.15 bits per heavy atom. The summed E-state index contributed by atoms with van der Waals surface area (Å²) in [7, 11) is 0. The van der Waals surface area contributed by atoms with Crippen molar-refractivity contribution < 1.29 is 4.39 Å². The lowest BCUT2D eigenvalue weighted by atomic mass is 10.0. The van der Waals surface area contributed by atoms with Crippen molar-refractivity contribution in [3.8, 4) is 11.1 Å². The number of hydrogen-bond acceptors (Lipinski definition) is 3. The van der Waals surface area contributed by atoms with E-state index in [-0.39, 0.29) is 17.9 Å². The van der Waals surface area contributed by atoms with Gasteiger partial charge in [0, 0.05) is 20.5 Å². The monoisotopic (exact) mass is 418 g/mol. The normalized spacial score (nSPS) is 11.3. The zero-order chi connectivity index (χ0) is 19.1. The fraction of sp³-hybridized carbons (Fsp3) is 0.100. The van der Waals surface area contributed by atoms with Crippen LogP contribution in [0, 0.1) is 12.7 Å². The maximum Gasteiger partial charge on any atom is 0.263 e. The fourth-order valence-corrected chi connectivity index (χ4v) is 4.52. The first-order chi connectivity index (χ1) is 12.9. The van der Waals surface area contributed by atoms with E-state index in [1.54, 1.807) is 30.3 Å². The predicted octanol–water partition coefficient (Wildman–Crippen LogP) is 5.93. The molecule has 0 amide bonds. The minimum Gasteiger partial charge on any atom is -0.294 e. The van der Waals surface area contributed by atoms with Gasteiger partial charge >= 0.3 is 0 Å². The molecule has 0 aliphatic carbocycles. The van der Waals surface area contributed by atoms with Crippen molar-refractivity contribution in [3.63, 3.8) is 0 Å². The Bertz CT molecular complexity index is 1220. The smallest absolute Gasteiger partial charge is 0.263 e. The van der Waals surface area contributed by atoms with Gasteiger partial charge in [0.05, 0.1) is 18.3 Å². The molecule has 0 aliphatic heterocycles. The lowest BCUT2D eigenvalue weighted by Crippen LogP contribution is -2.21. The molecule has 0 N–H and O–H groups in total.